The highest BCUT2D eigenvalue weighted by Gasteiger charge is 2.20. The Morgan fingerprint density at radius 1 is 1.04 bits per heavy atom. The summed E-state index contributed by atoms with van der Waals surface area (Å²) in [6.07, 6.45) is 1.24. The molecule has 6 nitrogen and oxygen atoms in total. The highest BCUT2D eigenvalue weighted by Crippen LogP contribution is 2.35. The van der Waals surface area contributed by atoms with Crippen LogP contribution < -0.4 is 19.1 Å². The number of anilines is 1. The van der Waals surface area contributed by atoms with Crippen molar-refractivity contribution in [1.82, 2.24) is 4.90 Å². The van der Waals surface area contributed by atoms with E-state index in [0.29, 0.717) is 0 Å². The first-order chi connectivity index (χ1) is 13.7. The number of methoxy groups -OCH3 is 1. The summed E-state index contributed by atoms with van der Waals surface area (Å²) < 4.78 is 16.2. The van der Waals surface area contributed by atoms with Crippen molar-refractivity contribution < 1.29 is 19.3 Å². The number of aliphatic hydroxyl groups excluding tert-OH is 1. The van der Waals surface area contributed by atoms with E-state index in [-0.39, 0.29) is 6.79 Å². The molecule has 6 heteroatoms. The van der Waals surface area contributed by atoms with Crippen molar-refractivity contribution in [3.63, 3.8) is 0 Å². The van der Waals surface area contributed by atoms with Crippen molar-refractivity contribution in [3.8, 4) is 17.2 Å². The summed E-state index contributed by atoms with van der Waals surface area (Å²) in [6, 6.07) is 13.9. The van der Waals surface area contributed by atoms with Gasteiger partial charge in [0.1, 0.15) is 5.75 Å². The Bertz CT molecular complexity index is 790. The minimum absolute atomic E-state index is 0.260. The maximum atomic E-state index is 10.5. The van der Waals surface area contributed by atoms with Crippen LogP contribution in [0.5, 0.6) is 17.2 Å². The van der Waals surface area contributed by atoms with Gasteiger partial charge in [-0.15, -0.1) is 0 Å². The number of hydrogen-bond acceptors (Lipinski definition) is 6. The Hall–Kier alpha value is -2.44. The van der Waals surface area contributed by atoms with Crippen LogP contribution in [-0.2, 0) is 0 Å². The predicted octanol–water partition coefficient (Wildman–Crippen LogP) is 3.06. The average Bonchev–Trinajstić information content (AvgIpc) is 3.22. The van der Waals surface area contributed by atoms with E-state index in [0.717, 1.165) is 68.4 Å². The van der Waals surface area contributed by atoms with Gasteiger partial charge in [0.05, 0.1) is 18.9 Å². The molecule has 0 amide bonds. The van der Waals surface area contributed by atoms with E-state index in [1.165, 1.54) is 5.69 Å². The molecule has 2 aliphatic heterocycles. The van der Waals surface area contributed by atoms with Crippen LogP contribution in [0.3, 0.4) is 0 Å². The lowest BCUT2D eigenvalue weighted by atomic mass is 10.0. The van der Waals surface area contributed by atoms with E-state index >= 15 is 0 Å². The quantitative estimate of drug-likeness (QED) is 0.792. The van der Waals surface area contributed by atoms with E-state index < -0.39 is 6.10 Å². The molecule has 1 unspecified atom stereocenters. The Kier molecular flexibility index (Phi) is 5.88. The molecular weight excluding hydrogens is 356 g/mol. The number of nitrogens with zero attached hydrogens (tertiary/aromatic N) is 2. The second-order valence-electron chi connectivity index (χ2n) is 7.27. The van der Waals surface area contributed by atoms with Crippen molar-refractivity contribution in [2.75, 3.05) is 51.5 Å². The van der Waals surface area contributed by atoms with Gasteiger partial charge in [-0.1, -0.05) is 18.2 Å². The largest absolute Gasteiger partial charge is 0.495 e. The zero-order valence-electron chi connectivity index (χ0n) is 16.3. The molecule has 150 valence electrons. The number of hydrogen-bond donors (Lipinski definition) is 1. The number of benzene rings is 2. The molecule has 0 aromatic heterocycles. The third-order valence-electron chi connectivity index (χ3n) is 5.53. The molecule has 1 N–H and O–H groups in total. The summed E-state index contributed by atoms with van der Waals surface area (Å²) in [5, 5.41) is 10.5. The second-order valence-corrected chi connectivity index (χ2v) is 7.27. The molecule has 0 spiro atoms. The first-order valence-corrected chi connectivity index (χ1v) is 9.92. The fourth-order valence-corrected chi connectivity index (χ4v) is 3.90. The van der Waals surface area contributed by atoms with E-state index in [9.17, 15) is 5.11 Å². The number of ether oxygens (including phenoxy) is 3. The van der Waals surface area contributed by atoms with Crippen LogP contribution in [0, 0.1) is 0 Å². The lowest BCUT2D eigenvalue weighted by Crippen LogP contribution is -2.46. The zero-order valence-corrected chi connectivity index (χ0v) is 16.3. The van der Waals surface area contributed by atoms with Gasteiger partial charge in [0.2, 0.25) is 6.79 Å². The summed E-state index contributed by atoms with van der Waals surface area (Å²) in [4.78, 5) is 4.86. The second kappa shape index (κ2) is 8.71. The van der Waals surface area contributed by atoms with Crippen LogP contribution in [0.25, 0.3) is 0 Å². The number of fused-ring (bicyclic) bond motifs is 1. The fourth-order valence-electron chi connectivity index (χ4n) is 3.90. The van der Waals surface area contributed by atoms with E-state index in [4.69, 9.17) is 14.2 Å². The molecule has 0 saturated carbocycles. The van der Waals surface area contributed by atoms with Crippen molar-refractivity contribution in [3.05, 3.63) is 48.0 Å². The van der Waals surface area contributed by atoms with E-state index in [1.807, 2.05) is 30.3 Å². The minimum atomic E-state index is -0.468. The molecule has 2 aliphatic rings. The van der Waals surface area contributed by atoms with Gasteiger partial charge in [-0.3, -0.25) is 4.90 Å². The highest BCUT2D eigenvalue weighted by atomic mass is 16.7. The average molecular weight is 384 g/mol. The fraction of sp³-hybridized carbons (Fsp3) is 0.455. The van der Waals surface area contributed by atoms with Gasteiger partial charge >= 0.3 is 0 Å². The molecule has 0 radical (unpaired) electrons. The summed E-state index contributed by atoms with van der Waals surface area (Å²) in [5.74, 6) is 2.41. The monoisotopic (exact) mass is 384 g/mol. The first kappa shape index (κ1) is 18.9. The third-order valence-corrected chi connectivity index (χ3v) is 5.53. The van der Waals surface area contributed by atoms with Gasteiger partial charge in [0.15, 0.2) is 11.5 Å². The Morgan fingerprint density at radius 3 is 2.64 bits per heavy atom. The molecule has 2 aromatic rings. The van der Waals surface area contributed by atoms with Crippen molar-refractivity contribution in [1.29, 1.82) is 0 Å². The Morgan fingerprint density at radius 2 is 1.82 bits per heavy atom. The molecule has 2 aromatic carbocycles. The smallest absolute Gasteiger partial charge is 0.231 e. The molecule has 4 rings (SSSR count). The summed E-state index contributed by atoms with van der Waals surface area (Å²) >= 11 is 0. The van der Waals surface area contributed by atoms with Gasteiger partial charge in [0.25, 0.3) is 0 Å². The normalized spacial score (nSPS) is 17.6. The molecule has 0 aliphatic carbocycles. The van der Waals surface area contributed by atoms with Gasteiger partial charge < -0.3 is 24.2 Å². The van der Waals surface area contributed by atoms with Crippen LogP contribution >= 0.6 is 0 Å². The molecule has 0 bridgehead atoms. The van der Waals surface area contributed by atoms with Crippen LogP contribution in [0.2, 0.25) is 0 Å². The van der Waals surface area contributed by atoms with Gasteiger partial charge in [0, 0.05) is 26.2 Å². The molecular formula is C22H28N2O4. The summed E-state index contributed by atoms with van der Waals surface area (Å²) in [5.41, 5.74) is 2.06. The molecule has 1 saturated heterocycles. The first-order valence-electron chi connectivity index (χ1n) is 9.92. The molecule has 2 heterocycles. The molecule has 1 atom stereocenters. The van der Waals surface area contributed by atoms with Crippen molar-refractivity contribution >= 4 is 5.69 Å². The highest BCUT2D eigenvalue weighted by molar-refractivity contribution is 5.58. The van der Waals surface area contributed by atoms with E-state index in [2.05, 4.69) is 21.9 Å². The van der Waals surface area contributed by atoms with Crippen LogP contribution in [0.4, 0.5) is 5.69 Å². The SMILES string of the molecule is COc1ccccc1N1CCN(CCCC(O)c2ccc3c(c2)OCO3)CC1. The van der Waals surface area contributed by atoms with Crippen molar-refractivity contribution in [2.24, 2.45) is 0 Å². The number of piperazine rings is 1. The lowest BCUT2D eigenvalue weighted by molar-refractivity contribution is 0.153. The van der Waals surface area contributed by atoms with Crippen LogP contribution in [-0.4, -0.2) is 56.6 Å². The van der Waals surface area contributed by atoms with Gasteiger partial charge in [-0.2, -0.15) is 0 Å². The lowest BCUT2D eigenvalue weighted by Gasteiger charge is -2.36. The zero-order chi connectivity index (χ0) is 19.3. The maximum Gasteiger partial charge on any atom is 0.231 e. The van der Waals surface area contributed by atoms with Crippen LogP contribution in [0.15, 0.2) is 42.5 Å². The Balaban J connectivity index is 1.22. The van der Waals surface area contributed by atoms with E-state index in [1.54, 1.807) is 7.11 Å². The Labute approximate surface area is 166 Å². The predicted molar refractivity (Wildman–Crippen MR) is 108 cm³/mol. The molecule has 1 fully saturated rings. The third kappa shape index (κ3) is 4.18. The summed E-state index contributed by atoms with van der Waals surface area (Å²) in [7, 11) is 1.72. The number of para-hydroxylation sites is 2. The number of rotatable bonds is 7. The van der Waals surface area contributed by atoms with Crippen molar-refractivity contribution in [2.45, 2.75) is 18.9 Å². The maximum absolute atomic E-state index is 10.5. The molecule has 28 heavy (non-hydrogen) atoms. The number of aliphatic hydroxyl groups is 1. The topological polar surface area (TPSA) is 54.4 Å². The van der Waals surface area contributed by atoms with Gasteiger partial charge in [-0.05, 0) is 49.2 Å². The minimum Gasteiger partial charge on any atom is -0.495 e. The van der Waals surface area contributed by atoms with Crippen LogP contribution in [0.1, 0.15) is 24.5 Å². The standard InChI is InChI=1S/C22H28N2O4/c1-26-20-7-3-2-5-18(20)24-13-11-23(12-14-24)10-4-6-19(25)17-8-9-21-22(15-17)28-16-27-21/h2-3,5,7-9,15,19,25H,4,6,10-14,16H2,1H3. The summed E-state index contributed by atoms with van der Waals surface area (Å²) in [6.45, 7) is 5.30. The van der Waals surface area contributed by atoms with Gasteiger partial charge in [-0.25, -0.2) is 0 Å².